The van der Waals surface area contributed by atoms with E-state index in [1.54, 1.807) is 20.8 Å². The van der Waals surface area contributed by atoms with Crippen molar-refractivity contribution in [2.75, 3.05) is 6.54 Å². The fourth-order valence-electron chi connectivity index (χ4n) is 1.52. The predicted molar refractivity (Wildman–Crippen MR) is 75.6 cm³/mol. The van der Waals surface area contributed by atoms with Crippen molar-refractivity contribution in [3.63, 3.8) is 0 Å². The second-order valence-corrected chi connectivity index (χ2v) is 5.35. The first kappa shape index (κ1) is 16.0. The molecule has 1 heterocycles. The minimum Gasteiger partial charge on any atom is -0.478 e. The van der Waals surface area contributed by atoms with Crippen LogP contribution in [0.5, 0.6) is 0 Å². The highest BCUT2D eigenvalue weighted by Crippen LogP contribution is 2.26. The Hall–Kier alpha value is -2.07. The van der Waals surface area contributed by atoms with Gasteiger partial charge in [-0.25, -0.2) is 14.8 Å². The summed E-state index contributed by atoms with van der Waals surface area (Å²) in [6, 6.07) is 0. The quantitative estimate of drug-likeness (QED) is 0.478. The number of terminal acetylenes is 1. The number of nitrogens with zero attached hydrogens (tertiary/aromatic N) is 2. The van der Waals surface area contributed by atoms with Crippen LogP contribution in [0.15, 0.2) is 5.03 Å². The highest BCUT2D eigenvalue weighted by atomic mass is 32.2. The van der Waals surface area contributed by atoms with Gasteiger partial charge in [-0.1, -0.05) is 17.7 Å². The largest absolute Gasteiger partial charge is 0.478 e. The number of aromatic carboxylic acids is 1. The SMILES string of the molecule is C#CCNC(=O)C(C)Sc1nc(C)nc(C)c1C(=O)O. The summed E-state index contributed by atoms with van der Waals surface area (Å²) < 4.78 is 0. The van der Waals surface area contributed by atoms with Gasteiger partial charge in [0.2, 0.25) is 5.91 Å². The Balaban J connectivity index is 3.00. The molecule has 2 N–H and O–H groups in total. The first-order valence-electron chi connectivity index (χ1n) is 5.83. The number of aromatic nitrogens is 2. The molecule has 0 saturated carbocycles. The summed E-state index contributed by atoms with van der Waals surface area (Å²) in [6.45, 7) is 5.07. The molecular formula is C13H15N3O3S. The summed E-state index contributed by atoms with van der Waals surface area (Å²) in [4.78, 5) is 31.1. The summed E-state index contributed by atoms with van der Waals surface area (Å²) in [7, 11) is 0. The van der Waals surface area contributed by atoms with E-state index in [4.69, 9.17) is 6.42 Å². The van der Waals surface area contributed by atoms with Gasteiger partial charge in [-0.05, 0) is 20.8 Å². The van der Waals surface area contributed by atoms with Crippen LogP contribution in [0, 0.1) is 26.2 Å². The van der Waals surface area contributed by atoms with Crippen molar-refractivity contribution in [1.29, 1.82) is 0 Å². The van der Waals surface area contributed by atoms with Crippen LogP contribution in [0.3, 0.4) is 0 Å². The van der Waals surface area contributed by atoms with Crippen molar-refractivity contribution in [2.24, 2.45) is 0 Å². The van der Waals surface area contributed by atoms with Crippen LogP contribution in [0.1, 0.15) is 28.8 Å². The molecule has 0 fully saturated rings. The minimum absolute atomic E-state index is 0.0252. The zero-order valence-corrected chi connectivity index (χ0v) is 12.2. The number of thioether (sulfide) groups is 1. The van der Waals surface area contributed by atoms with Crippen LogP contribution in [0.2, 0.25) is 0 Å². The molecule has 0 aliphatic rings. The molecule has 1 unspecified atom stereocenters. The number of amides is 1. The number of rotatable bonds is 5. The molecule has 1 aromatic heterocycles. The number of hydrogen-bond donors (Lipinski definition) is 2. The molecule has 0 spiro atoms. The number of carboxylic acid groups (broad SMARTS) is 1. The van der Waals surface area contributed by atoms with E-state index in [1.165, 1.54) is 0 Å². The minimum atomic E-state index is -1.11. The monoisotopic (exact) mass is 293 g/mol. The number of carbonyl (C=O) groups is 2. The van der Waals surface area contributed by atoms with Crippen molar-refractivity contribution in [2.45, 2.75) is 31.0 Å². The van der Waals surface area contributed by atoms with E-state index in [2.05, 4.69) is 21.2 Å². The zero-order chi connectivity index (χ0) is 15.3. The van der Waals surface area contributed by atoms with Crippen molar-refractivity contribution < 1.29 is 14.7 Å². The third kappa shape index (κ3) is 3.96. The summed E-state index contributed by atoms with van der Waals surface area (Å²) in [5.74, 6) is 1.39. The lowest BCUT2D eigenvalue weighted by atomic mass is 10.2. The highest BCUT2D eigenvalue weighted by Gasteiger charge is 2.22. The molecule has 6 nitrogen and oxygen atoms in total. The molecule has 20 heavy (non-hydrogen) atoms. The Morgan fingerprint density at radius 1 is 1.45 bits per heavy atom. The predicted octanol–water partition coefficient (Wildman–Crippen LogP) is 1.02. The average molecular weight is 293 g/mol. The van der Waals surface area contributed by atoms with E-state index in [1.807, 2.05) is 0 Å². The molecule has 0 bridgehead atoms. The number of carboxylic acids is 1. The van der Waals surface area contributed by atoms with E-state index >= 15 is 0 Å². The van der Waals surface area contributed by atoms with Gasteiger partial charge in [0.15, 0.2) is 0 Å². The molecule has 0 aliphatic heterocycles. The Morgan fingerprint density at radius 2 is 2.10 bits per heavy atom. The molecule has 0 aliphatic carbocycles. The second-order valence-electron chi connectivity index (χ2n) is 4.02. The molecule has 0 aromatic carbocycles. The topological polar surface area (TPSA) is 92.2 Å². The summed E-state index contributed by atoms with van der Waals surface area (Å²) in [5.41, 5.74) is 0.404. The molecule has 1 rings (SSSR count). The van der Waals surface area contributed by atoms with E-state index < -0.39 is 11.2 Å². The first-order valence-corrected chi connectivity index (χ1v) is 6.71. The van der Waals surface area contributed by atoms with Gasteiger partial charge in [-0.2, -0.15) is 0 Å². The Kier molecular flexibility index (Phi) is 5.53. The number of hydrogen-bond acceptors (Lipinski definition) is 5. The number of aryl methyl sites for hydroxylation is 2. The van der Waals surface area contributed by atoms with Gasteiger partial charge >= 0.3 is 5.97 Å². The maximum absolute atomic E-state index is 11.7. The van der Waals surface area contributed by atoms with Crippen LogP contribution >= 0.6 is 11.8 Å². The van der Waals surface area contributed by atoms with E-state index in [0.29, 0.717) is 11.5 Å². The van der Waals surface area contributed by atoms with Crippen LogP contribution < -0.4 is 5.32 Å². The summed E-state index contributed by atoms with van der Waals surface area (Å²) in [6.07, 6.45) is 5.06. The molecule has 0 radical (unpaired) electrons. The summed E-state index contributed by atoms with van der Waals surface area (Å²) in [5, 5.41) is 11.5. The van der Waals surface area contributed by atoms with Crippen molar-refractivity contribution >= 4 is 23.6 Å². The van der Waals surface area contributed by atoms with Crippen LogP contribution in [0.4, 0.5) is 0 Å². The Morgan fingerprint density at radius 3 is 2.65 bits per heavy atom. The highest BCUT2D eigenvalue weighted by molar-refractivity contribution is 8.00. The standard InChI is InChI=1S/C13H15N3O3S/c1-5-6-14-11(17)8(3)20-12-10(13(18)19)7(2)15-9(4)16-12/h1,8H,6H2,2-4H3,(H,14,17)(H,18,19). The molecule has 106 valence electrons. The van der Waals surface area contributed by atoms with Gasteiger partial charge in [0.25, 0.3) is 0 Å². The molecule has 7 heteroatoms. The van der Waals surface area contributed by atoms with Gasteiger partial charge in [-0.15, -0.1) is 6.42 Å². The Bertz CT molecular complexity index is 581. The molecule has 1 atom stereocenters. The van der Waals surface area contributed by atoms with Crippen LogP contribution in [0.25, 0.3) is 0 Å². The third-order valence-electron chi connectivity index (χ3n) is 2.40. The molecule has 1 amide bonds. The van der Waals surface area contributed by atoms with Gasteiger partial charge in [-0.3, -0.25) is 4.79 Å². The lowest BCUT2D eigenvalue weighted by Crippen LogP contribution is -2.31. The average Bonchev–Trinajstić information content (AvgIpc) is 2.34. The fourth-order valence-corrected chi connectivity index (χ4v) is 2.58. The lowest BCUT2D eigenvalue weighted by Gasteiger charge is -2.13. The van der Waals surface area contributed by atoms with Crippen LogP contribution in [-0.2, 0) is 4.79 Å². The van der Waals surface area contributed by atoms with E-state index in [0.717, 1.165) is 11.8 Å². The maximum Gasteiger partial charge on any atom is 0.340 e. The lowest BCUT2D eigenvalue weighted by molar-refractivity contribution is -0.120. The fraction of sp³-hybridized carbons (Fsp3) is 0.385. The second kappa shape index (κ2) is 6.91. The zero-order valence-electron chi connectivity index (χ0n) is 11.4. The van der Waals surface area contributed by atoms with Crippen molar-refractivity contribution in [3.05, 3.63) is 17.1 Å². The maximum atomic E-state index is 11.7. The summed E-state index contributed by atoms with van der Waals surface area (Å²) >= 11 is 1.07. The van der Waals surface area contributed by atoms with E-state index in [9.17, 15) is 14.7 Å². The molecule has 0 saturated heterocycles. The van der Waals surface area contributed by atoms with Gasteiger partial charge in [0.05, 0.1) is 17.5 Å². The molecular weight excluding hydrogens is 278 g/mol. The number of nitrogens with one attached hydrogen (secondary N) is 1. The first-order chi connectivity index (χ1) is 9.36. The molecule has 1 aromatic rings. The number of carbonyl (C=O) groups excluding carboxylic acids is 1. The van der Waals surface area contributed by atoms with Crippen LogP contribution in [-0.4, -0.2) is 38.7 Å². The normalized spacial score (nSPS) is 11.5. The third-order valence-corrected chi connectivity index (χ3v) is 3.49. The van der Waals surface area contributed by atoms with Gasteiger partial charge in [0, 0.05) is 0 Å². The van der Waals surface area contributed by atoms with Crippen molar-refractivity contribution in [1.82, 2.24) is 15.3 Å². The van der Waals surface area contributed by atoms with Gasteiger partial charge < -0.3 is 10.4 Å². The smallest absolute Gasteiger partial charge is 0.340 e. The van der Waals surface area contributed by atoms with Gasteiger partial charge in [0.1, 0.15) is 16.4 Å². The van der Waals surface area contributed by atoms with Crippen molar-refractivity contribution in [3.8, 4) is 12.3 Å². The van der Waals surface area contributed by atoms with E-state index in [-0.39, 0.29) is 23.0 Å². The Labute approximate surface area is 121 Å².